The zero-order valence-electron chi connectivity index (χ0n) is 11.6. The minimum Gasteiger partial charge on any atom is -0.457 e. The Morgan fingerprint density at radius 1 is 0.818 bits per heavy atom. The molecule has 106 valence electrons. The molecule has 0 aliphatic carbocycles. The highest BCUT2D eigenvalue weighted by atomic mass is 32.1. The normalized spacial score (nSPS) is 10.7. The Bertz CT molecular complexity index is 904. The molecule has 0 aliphatic rings. The van der Waals surface area contributed by atoms with Gasteiger partial charge in [-0.05, 0) is 36.4 Å². The maximum absolute atomic E-state index is 5.85. The summed E-state index contributed by atoms with van der Waals surface area (Å²) in [6, 6.07) is 21.6. The van der Waals surface area contributed by atoms with Crippen LogP contribution in [0.4, 0.5) is 0 Å². The molecule has 2 aromatic carbocycles. The molecule has 0 saturated carbocycles. The molecule has 0 fully saturated rings. The highest BCUT2D eigenvalue weighted by Gasteiger charge is 2.08. The van der Waals surface area contributed by atoms with Gasteiger partial charge in [0.2, 0.25) is 0 Å². The highest BCUT2D eigenvalue weighted by molar-refractivity contribution is 7.21. The monoisotopic (exact) mass is 304 g/mol. The quantitative estimate of drug-likeness (QED) is 0.525. The first kappa shape index (κ1) is 13.0. The fourth-order valence-corrected chi connectivity index (χ4v) is 3.12. The van der Waals surface area contributed by atoms with Gasteiger partial charge in [-0.3, -0.25) is 4.98 Å². The maximum Gasteiger partial charge on any atom is 0.143 e. The van der Waals surface area contributed by atoms with Crippen molar-refractivity contribution >= 4 is 21.6 Å². The van der Waals surface area contributed by atoms with Crippen molar-refractivity contribution < 1.29 is 4.74 Å². The molecule has 0 unspecified atom stereocenters. The van der Waals surface area contributed by atoms with Gasteiger partial charge in [-0.15, -0.1) is 11.3 Å². The van der Waals surface area contributed by atoms with Crippen LogP contribution in [0.2, 0.25) is 0 Å². The minimum absolute atomic E-state index is 0.788. The SMILES string of the molecule is c1ccc(Oc2ccc3sc(-c4ccccn4)nc3c2)cc1. The maximum atomic E-state index is 5.85. The van der Waals surface area contributed by atoms with Gasteiger partial charge in [0.15, 0.2) is 0 Å². The summed E-state index contributed by atoms with van der Waals surface area (Å²) in [6.07, 6.45) is 1.78. The first-order chi connectivity index (χ1) is 10.9. The second-order valence-electron chi connectivity index (χ2n) is 4.78. The molecule has 0 aliphatic heterocycles. The molecule has 0 atom stereocenters. The van der Waals surface area contributed by atoms with E-state index < -0.39 is 0 Å². The summed E-state index contributed by atoms with van der Waals surface area (Å²) in [6.45, 7) is 0. The van der Waals surface area contributed by atoms with E-state index in [-0.39, 0.29) is 0 Å². The van der Waals surface area contributed by atoms with E-state index in [1.807, 2.05) is 66.7 Å². The van der Waals surface area contributed by atoms with E-state index in [1.54, 1.807) is 17.5 Å². The molecule has 0 amide bonds. The van der Waals surface area contributed by atoms with E-state index in [4.69, 9.17) is 4.74 Å². The molecule has 0 saturated heterocycles. The van der Waals surface area contributed by atoms with E-state index in [2.05, 4.69) is 9.97 Å². The average molecular weight is 304 g/mol. The van der Waals surface area contributed by atoms with E-state index in [0.717, 1.165) is 32.4 Å². The fourth-order valence-electron chi connectivity index (χ4n) is 2.19. The minimum atomic E-state index is 0.788. The zero-order valence-corrected chi connectivity index (χ0v) is 12.5. The zero-order chi connectivity index (χ0) is 14.8. The van der Waals surface area contributed by atoms with Crippen LogP contribution in [-0.4, -0.2) is 9.97 Å². The third kappa shape index (κ3) is 2.56. The Kier molecular flexibility index (Phi) is 3.29. The molecule has 0 spiro atoms. The Labute approximate surface area is 131 Å². The second-order valence-corrected chi connectivity index (χ2v) is 5.81. The van der Waals surface area contributed by atoms with Crippen LogP contribution in [0.3, 0.4) is 0 Å². The topological polar surface area (TPSA) is 35.0 Å². The lowest BCUT2D eigenvalue weighted by molar-refractivity contribution is 0.483. The van der Waals surface area contributed by atoms with Crippen LogP contribution in [0.25, 0.3) is 20.9 Å². The van der Waals surface area contributed by atoms with Gasteiger partial charge in [0.1, 0.15) is 16.5 Å². The van der Waals surface area contributed by atoms with Gasteiger partial charge in [-0.25, -0.2) is 4.98 Å². The smallest absolute Gasteiger partial charge is 0.143 e. The summed E-state index contributed by atoms with van der Waals surface area (Å²) in [5.41, 5.74) is 1.83. The standard InChI is InChI=1S/C18H12N2OS/c1-2-6-13(7-3-1)21-14-9-10-17-16(12-14)20-18(22-17)15-8-4-5-11-19-15/h1-12H. The predicted molar refractivity (Wildman–Crippen MR) is 89.4 cm³/mol. The van der Waals surface area contributed by atoms with Crippen LogP contribution in [0, 0.1) is 0 Å². The van der Waals surface area contributed by atoms with Crippen molar-refractivity contribution in [2.75, 3.05) is 0 Å². The number of fused-ring (bicyclic) bond motifs is 1. The molecular weight excluding hydrogens is 292 g/mol. The number of hydrogen-bond donors (Lipinski definition) is 0. The van der Waals surface area contributed by atoms with Crippen LogP contribution in [0.5, 0.6) is 11.5 Å². The van der Waals surface area contributed by atoms with Gasteiger partial charge in [0.25, 0.3) is 0 Å². The molecule has 0 bridgehead atoms. The summed E-state index contributed by atoms with van der Waals surface area (Å²) in [5.74, 6) is 1.61. The van der Waals surface area contributed by atoms with Crippen molar-refractivity contribution in [2.45, 2.75) is 0 Å². The lowest BCUT2D eigenvalue weighted by Gasteiger charge is -2.04. The van der Waals surface area contributed by atoms with Gasteiger partial charge in [-0.1, -0.05) is 24.3 Å². The van der Waals surface area contributed by atoms with Crippen LogP contribution in [-0.2, 0) is 0 Å². The number of nitrogens with zero attached hydrogens (tertiary/aromatic N) is 2. The molecule has 22 heavy (non-hydrogen) atoms. The molecule has 0 radical (unpaired) electrons. The van der Waals surface area contributed by atoms with Crippen LogP contribution < -0.4 is 4.74 Å². The van der Waals surface area contributed by atoms with Crippen LogP contribution in [0.15, 0.2) is 72.9 Å². The molecule has 4 rings (SSSR count). The number of aromatic nitrogens is 2. The number of ether oxygens (including phenoxy) is 1. The fraction of sp³-hybridized carbons (Fsp3) is 0. The third-order valence-electron chi connectivity index (χ3n) is 3.22. The molecule has 3 nitrogen and oxygen atoms in total. The van der Waals surface area contributed by atoms with E-state index >= 15 is 0 Å². The first-order valence-corrected chi connectivity index (χ1v) is 7.75. The van der Waals surface area contributed by atoms with E-state index in [9.17, 15) is 0 Å². The summed E-state index contributed by atoms with van der Waals surface area (Å²) < 4.78 is 6.98. The largest absolute Gasteiger partial charge is 0.457 e. The number of pyridine rings is 1. The van der Waals surface area contributed by atoms with Gasteiger partial charge < -0.3 is 4.74 Å². The summed E-state index contributed by atoms with van der Waals surface area (Å²) in [5, 5.41) is 0.924. The Balaban J connectivity index is 1.69. The summed E-state index contributed by atoms with van der Waals surface area (Å²) in [4.78, 5) is 9.01. The molecule has 2 heterocycles. The number of rotatable bonds is 3. The van der Waals surface area contributed by atoms with Crippen molar-refractivity contribution in [3.05, 3.63) is 72.9 Å². The molecule has 4 aromatic rings. The summed E-state index contributed by atoms with van der Waals surface area (Å²) in [7, 11) is 0. The van der Waals surface area contributed by atoms with Gasteiger partial charge in [0, 0.05) is 12.3 Å². The summed E-state index contributed by atoms with van der Waals surface area (Å²) >= 11 is 1.64. The Morgan fingerprint density at radius 2 is 1.68 bits per heavy atom. The second kappa shape index (κ2) is 5.58. The lowest BCUT2D eigenvalue weighted by Crippen LogP contribution is -1.83. The van der Waals surface area contributed by atoms with E-state index in [1.165, 1.54) is 0 Å². The Morgan fingerprint density at radius 3 is 2.50 bits per heavy atom. The van der Waals surface area contributed by atoms with E-state index in [0.29, 0.717) is 0 Å². The molecule has 4 heteroatoms. The molecule has 2 aromatic heterocycles. The van der Waals surface area contributed by atoms with Crippen molar-refractivity contribution in [1.29, 1.82) is 0 Å². The lowest BCUT2D eigenvalue weighted by atomic mass is 10.3. The number of thiazole rings is 1. The van der Waals surface area contributed by atoms with Crippen LogP contribution in [0.1, 0.15) is 0 Å². The number of para-hydroxylation sites is 1. The van der Waals surface area contributed by atoms with Crippen molar-refractivity contribution in [3.8, 4) is 22.2 Å². The first-order valence-electron chi connectivity index (χ1n) is 6.93. The van der Waals surface area contributed by atoms with Gasteiger partial charge in [0.05, 0.1) is 15.9 Å². The van der Waals surface area contributed by atoms with Crippen molar-refractivity contribution in [2.24, 2.45) is 0 Å². The third-order valence-corrected chi connectivity index (χ3v) is 4.28. The number of hydrogen-bond acceptors (Lipinski definition) is 4. The van der Waals surface area contributed by atoms with Crippen LogP contribution >= 0.6 is 11.3 Å². The van der Waals surface area contributed by atoms with Gasteiger partial charge >= 0.3 is 0 Å². The van der Waals surface area contributed by atoms with Gasteiger partial charge in [-0.2, -0.15) is 0 Å². The average Bonchev–Trinajstić information content (AvgIpc) is 3.00. The molecule has 0 N–H and O–H groups in total. The molecular formula is C18H12N2OS. The van der Waals surface area contributed by atoms with Crippen molar-refractivity contribution in [3.63, 3.8) is 0 Å². The highest BCUT2D eigenvalue weighted by Crippen LogP contribution is 2.32. The van der Waals surface area contributed by atoms with Crippen molar-refractivity contribution in [1.82, 2.24) is 9.97 Å². The predicted octanol–water partition coefficient (Wildman–Crippen LogP) is 5.15. The number of benzene rings is 2. The Hall–Kier alpha value is -2.72.